The molecule has 1 aromatic heterocycles. The number of anilines is 2. The number of carbonyl (C=O) groups is 1. The molecule has 1 aliphatic heterocycles. The van der Waals surface area contributed by atoms with Crippen LogP contribution in [-0.2, 0) is 16.8 Å². The molecule has 0 spiro atoms. The SMILES string of the molecule is CC1(Cc2ccc(OC(F)(F)F)cc2)C(=O)N(c2cc(Cl)cc(Cl)c2)c2nccn21. The van der Waals surface area contributed by atoms with Crippen LogP contribution in [-0.4, -0.2) is 21.8 Å². The summed E-state index contributed by atoms with van der Waals surface area (Å²) >= 11 is 12.2. The molecule has 0 radical (unpaired) electrons. The van der Waals surface area contributed by atoms with Crippen molar-refractivity contribution in [3.8, 4) is 5.75 Å². The zero-order valence-corrected chi connectivity index (χ0v) is 17.0. The van der Waals surface area contributed by atoms with Gasteiger partial charge in [0.25, 0.3) is 5.91 Å². The van der Waals surface area contributed by atoms with Gasteiger partial charge in [-0.05, 0) is 42.8 Å². The molecule has 1 amide bonds. The predicted octanol–water partition coefficient (Wildman–Crippen LogP) is 5.72. The van der Waals surface area contributed by atoms with Gasteiger partial charge < -0.3 is 9.30 Å². The number of nitrogens with zero attached hydrogens (tertiary/aromatic N) is 3. The van der Waals surface area contributed by atoms with Crippen LogP contribution in [0, 0.1) is 0 Å². The number of carbonyl (C=O) groups excluding carboxylic acids is 1. The Hall–Kier alpha value is -2.71. The Kier molecular flexibility index (Phi) is 4.94. The third kappa shape index (κ3) is 3.73. The molecular formula is C20H14Cl2F3N3O2. The number of fused-ring (bicyclic) bond motifs is 1. The predicted molar refractivity (Wildman–Crippen MR) is 106 cm³/mol. The van der Waals surface area contributed by atoms with Crippen LogP contribution in [0.2, 0.25) is 10.0 Å². The Labute approximate surface area is 179 Å². The monoisotopic (exact) mass is 455 g/mol. The van der Waals surface area contributed by atoms with Gasteiger partial charge in [-0.1, -0.05) is 35.3 Å². The van der Waals surface area contributed by atoms with Crippen LogP contribution >= 0.6 is 23.2 Å². The number of hydrogen-bond donors (Lipinski definition) is 0. The largest absolute Gasteiger partial charge is 0.573 e. The van der Waals surface area contributed by atoms with Gasteiger partial charge in [-0.15, -0.1) is 13.2 Å². The maximum atomic E-state index is 13.4. The molecule has 30 heavy (non-hydrogen) atoms. The van der Waals surface area contributed by atoms with E-state index in [4.69, 9.17) is 23.2 Å². The van der Waals surface area contributed by atoms with Gasteiger partial charge >= 0.3 is 6.36 Å². The highest BCUT2D eigenvalue weighted by atomic mass is 35.5. The van der Waals surface area contributed by atoms with Gasteiger partial charge in [0.1, 0.15) is 11.3 Å². The lowest BCUT2D eigenvalue weighted by molar-refractivity contribution is -0.274. The maximum absolute atomic E-state index is 13.4. The second-order valence-electron chi connectivity index (χ2n) is 7.01. The third-order valence-corrected chi connectivity index (χ3v) is 5.26. The summed E-state index contributed by atoms with van der Waals surface area (Å²) in [6.45, 7) is 1.74. The van der Waals surface area contributed by atoms with Crippen LogP contribution < -0.4 is 9.64 Å². The van der Waals surface area contributed by atoms with Gasteiger partial charge in [0.15, 0.2) is 0 Å². The summed E-state index contributed by atoms with van der Waals surface area (Å²) < 4.78 is 42.7. The Bertz CT molecular complexity index is 1090. The summed E-state index contributed by atoms with van der Waals surface area (Å²) in [4.78, 5) is 19.2. The van der Waals surface area contributed by atoms with Crippen molar-refractivity contribution in [2.24, 2.45) is 0 Å². The number of ether oxygens (including phenoxy) is 1. The molecule has 5 nitrogen and oxygen atoms in total. The summed E-state index contributed by atoms with van der Waals surface area (Å²) in [6, 6.07) is 10.2. The van der Waals surface area contributed by atoms with E-state index in [1.54, 1.807) is 42.1 Å². The van der Waals surface area contributed by atoms with Crippen LogP contribution in [0.1, 0.15) is 12.5 Å². The quantitative estimate of drug-likeness (QED) is 0.504. The molecule has 4 rings (SSSR count). The fourth-order valence-corrected chi connectivity index (χ4v) is 4.06. The first-order chi connectivity index (χ1) is 14.1. The molecule has 1 unspecified atom stereocenters. The van der Waals surface area contributed by atoms with Gasteiger partial charge in [0.05, 0.1) is 5.69 Å². The molecule has 0 aliphatic carbocycles. The lowest BCUT2D eigenvalue weighted by atomic mass is 9.92. The van der Waals surface area contributed by atoms with Crippen LogP contribution in [0.5, 0.6) is 5.75 Å². The zero-order valence-electron chi connectivity index (χ0n) is 15.5. The van der Waals surface area contributed by atoms with Gasteiger partial charge in [0, 0.05) is 28.9 Å². The Morgan fingerprint density at radius 1 is 1.10 bits per heavy atom. The average Bonchev–Trinajstić information content (AvgIpc) is 3.17. The Morgan fingerprint density at radius 3 is 2.33 bits per heavy atom. The first kappa shape index (κ1) is 20.6. The van der Waals surface area contributed by atoms with Gasteiger partial charge in [-0.2, -0.15) is 0 Å². The van der Waals surface area contributed by atoms with E-state index >= 15 is 0 Å². The van der Waals surface area contributed by atoms with Crippen molar-refractivity contribution in [2.45, 2.75) is 25.2 Å². The van der Waals surface area contributed by atoms with Crippen molar-refractivity contribution in [2.75, 3.05) is 4.90 Å². The highest BCUT2D eigenvalue weighted by Gasteiger charge is 2.48. The van der Waals surface area contributed by atoms with Crippen molar-refractivity contribution in [3.63, 3.8) is 0 Å². The molecule has 0 saturated carbocycles. The van der Waals surface area contributed by atoms with Gasteiger partial charge in [-0.25, -0.2) is 9.88 Å². The minimum Gasteiger partial charge on any atom is -0.406 e. The summed E-state index contributed by atoms with van der Waals surface area (Å²) in [5.74, 6) is -0.190. The minimum atomic E-state index is -4.76. The highest BCUT2D eigenvalue weighted by Crippen LogP contribution is 2.42. The number of amides is 1. The van der Waals surface area contributed by atoms with E-state index in [2.05, 4.69) is 9.72 Å². The molecular weight excluding hydrogens is 442 g/mol. The summed E-state index contributed by atoms with van der Waals surface area (Å²) in [6.07, 6.45) is -1.29. The van der Waals surface area contributed by atoms with Crippen LogP contribution in [0.3, 0.4) is 0 Å². The first-order valence-electron chi connectivity index (χ1n) is 8.76. The second kappa shape index (κ2) is 7.21. The lowest BCUT2D eigenvalue weighted by Crippen LogP contribution is -2.40. The molecule has 1 aliphatic rings. The highest BCUT2D eigenvalue weighted by molar-refractivity contribution is 6.35. The number of aromatic nitrogens is 2. The van der Waals surface area contributed by atoms with E-state index in [0.29, 0.717) is 27.2 Å². The van der Waals surface area contributed by atoms with E-state index in [1.807, 2.05) is 0 Å². The first-order valence-corrected chi connectivity index (χ1v) is 9.52. The smallest absolute Gasteiger partial charge is 0.406 e. The average molecular weight is 456 g/mol. The number of imidazole rings is 1. The van der Waals surface area contributed by atoms with Crippen molar-refractivity contribution in [1.82, 2.24) is 9.55 Å². The maximum Gasteiger partial charge on any atom is 0.573 e. The van der Waals surface area contributed by atoms with E-state index in [-0.39, 0.29) is 18.1 Å². The van der Waals surface area contributed by atoms with Crippen LogP contribution in [0.25, 0.3) is 0 Å². The Balaban J connectivity index is 1.66. The molecule has 3 aromatic rings. The van der Waals surface area contributed by atoms with Crippen LogP contribution in [0.4, 0.5) is 24.8 Å². The summed E-state index contributed by atoms with van der Waals surface area (Å²) in [5.41, 5.74) is 0.0844. The standard InChI is InChI=1S/C20H14Cl2F3N3O2/c1-19(11-12-2-4-16(5-3-12)30-20(23,24)25)17(29)28(18-26-6-7-27(18)19)15-9-13(21)8-14(22)10-15/h2-10H,11H2,1H3. The molecule has 156 valence electrons. The Morgan fingerprint density at radius 2 is 1.73 bits per heavy atom. The van der Waals surface area contributed by atoms with E-state index in [0.717, 1.165) is 0 Å². The molecule has 2 heterocycles. The van der Waals surface area contributed by atoms with Crippen LogP contribution in [0.15, 0.2) is 54.9 Å². The molecule has 1 atom stereocenters. The van der Waals surface area contributed by atoms with Crippen molar-refractivity contribution in [1.29, 1.82) is 0 Å². The number of benzene rings is 2. The number of halogens is 5. The van der Waals surface area contributed by atoms with Gasteiger partial charge in [0.2, 0.25) is 5.95 Å². The molecule has 2 aromatic carbocycles. The lowest BCUT2D eigenvalue weighted by Gasteiger charge is -2.25. The van der Waals surface area contributed by atoms with E-state index in [1.165, 1.54) is 29.2 Å². The molecule has 0 N–H and O–H groups in total. The fourth-order valence-electron chi connectivity index (χ4n) is 3.55. The van der Waals surface area contributed by atoms with Crippen molar-refractivity contribution in [3.05, 3.63) is 70.5 Å². The molecule has 10 heteroatoms. The van der Waals surface area contributed by atoms with E-state index < -0.39 is 11.9 Å². The molecule has 0 saturated heterocycles. The van der Waals surface area contributed by atoms with Crippen molar-refractivity contribution < 1.29 is 22.7 Å². The van der Waals surface area contributed by atoms with Crippen molar-refractivity contribution >= 4 is 40.7 Å². The normalized spacial score (nSPS) is 18.6. The fraction of sp³-hybridized carbons (Fsp3) is 0.200. The minimum absolute atomic E-state index is 0.228. The second-order valence-corrected chi connectivity index (χ2v) is 7.88. The number of hydrogen-bond acceptors (Lipinski definition) is 3. The number of alkyl halides is 3. The molecule has 0 fully saturated rings. The van der Waals surface area contributed by atoms with Gasteiger partial charge in [-0.3, -0.25) is 4.79 Å². The zero-order chi connectivity index (χ0) is 21.7. The summed E-state index contributed by atoms with van der Waals surface area (Å²) in [7, 11) is 0. The number of rotatable bonds is 4. The summed E-state index contributed by atoms with van der Waals surface area (Å²) in [5, 5.41) is 0.745. The topological polar surface area (TPSA) is 47.4 Å². The molecule has 0 bridgehead atoms. The van der Waals surface area contributed by atoms with E-state index in [9.17, 15) is 18.0 Å². The third-order valence-electron chi connectivity index (χ3n) is 4.83.